The van der Waals surface area contributed by atoms with Crippen molar-refractivity contribution in [3.05, 3.63) is 27.7 Å². The van der Waals surface area contributed by atoms with E-state index in [9.17, 15) is 21.6 Å². The van der Waals surface area contributed by atoms with E-state index in [1.165, 1.54) is 6.07 Å². The van der Waals surface area contributed by atoms with E-state index in [1.54, 1.807) is 0 Å². The van der Waals surface area contributed by atoms with Gasteiger partial charge in [0, 0.05) is 23.2 Å². The lowest BCUT2D eigenvalue weighted by molar-refractivity contribution is -0.0500. The maximum Gasteiger partial charge on any atom is 0.534 e. The molecule has 0 unspecified atom stereocenters. The molecule has 1 fully saturated rings. The summed E-state index contributed by atoms with van der Waals surface area (Å²) in [6.07, 6.45) is 2.16. The molecule has 0 amide bonds. The Bertz CT molecular complexity index is 690. The Morgan fingerprint density at radius 1 is 1.35 bits per heavy atom. The number of hydrogen-bond acceptors (Lipinski definition) is 4. The van der Waals surface area contributed by atoms with Gasteiger partial charge in [-0.3, -0.25) is 0 Å². The van der Waals surface area contributed by atoms with Crippen molar-refractivity contribution in [3.8, 4) is 5.75 Å². The molecule has 1 aromatic carbocycles. The molecule has 0 radical (unpaired) electrons. The molecule has 0 bridgehead atoms. The molecule has 2 rings (SSSR count). The smallest absolute Gasteiger partial charge is 0.374 e. The minimum absolute atomic E-state index is 0.0840. The number of benzene rings is 1. The standard InChI is InChI=1S/C13H14Cl2F3NO3S/c1-7(8-2-3-8)19-6-9-4-10(14)5-11(15)12(9)22-23(20,21)13(16,17)18/h4-5,7-8,19H,2-3,6H2,1H3/t7-/m0/s1. The molecule has 0 heterocycles. The summed E-state index contributed by atoms with van der Waals surface area (Å²) in [5.41, 5.74) is -5.40. The van der Waals surface area contributed by atoms with Crippen LogP contribution in [0.3, 0.4) is 0 Å². The van der Waals surface area contributed by atoms with Crippen LogP contribution in [0.1, 0.15) is 25.3 Å². The van der Waals surface area contributed by atoms with Crippen molar-refractivity contribution in [2.24, 2.45) is 5.92 Å². The Labute approximate surface area is 142 Å². The lowest BCUT2D eigenvalue weighted by atomic mass is 10.1. The van der Waals surface area contributed by atoms with Crippen LogP contribution in [0.15, 0.2) is 12.1 Å². The van der Waals surface area contributed by atoms with Gasteiger partial charge in [-0.05, 0) is 37.8 Å². The molecule has 0 spiro atoms. The largest absolute Gasteiger partial charge is 0.534 e. The van der Waals surface area contributed by atoms with Crippen molar-refractivity contribution < 1.29 is 25.8 Å². The minimum atomic E-state index is -5.81. The highest BCUT2D eigenvalue weighted by Gasteiger charge is 2.49. The SMILES string of the molecule is C[C@H](NCc1cc(Cl)cc(Cl)c1OS(=O)(=O)C(F)(F)F)C1CC1. The molecule has 0 aromatic heterocycles. The fourth-order valence-corrected chi connectivity index (χ4v) is 3.16. The van der Waals surface area contributed by atoms with E-state index >= 15 is 0 Å². The van der Waals surface area contributed by atoms with E-state index in [-0.39, 0.29) is 28.2 Å². The molecule has 1 aliphatic rings. The van der Waals surface area contributed by atoms with Crippen molar-refractivity contribution in [1.82, 2.24) is 5.32 Å². The predicted molar refractivity (Wildman–Crippen MR) is 81.1 cm³/mol. The van der Waals surface area contributed by atoms with Gasteiger partial charge in [0.15, 0.2) is 5.75 Å². The number of rotatable bonds is 6. The second-order valence-corrected chi connectivity index (χ2v) is 7.75. The highest BCUT2D eigenvalue weighted by molar-refractivity contribution is 7.88. The van der Waals surface area contributed by atoms with Gasteiger partial charge in [0.05, 0.1) is 5.02 Å². The highest BCUT2D eigenvalue weighted by Crippen LogP contribution is 2.37. The summed E-state index contributed by atoms with van der Waals surface area (Å²) in [5, 5.41) is 2.97. The van der Waals surface area contributed by atoms with Gasteiger partial charge in [-0.15, -0.1) is 0 Å². The van der Waals surface area contributed by atoms with Crippen LogP contribution in [0, 0.1) is 5.92 Å². The number of hydrogen-bond donors (Lipinski definition) is 1. The summed E-state index contributed by atoms with van der Waals surface area (Å²) >= 11 is 11.6. The van der Waals surface area contributed by atoms with E-state index < -0.39 is 21.4 Å². The molecular formula is C13H14Cl2F3NO3S. The van der Waals surface area contributed by atoms with Gasteiger partial charge in [-0.1, -0.05) is 23.2 Å². The van der Waals surface area contributed by atoms with Crippen LogP contribution in [-0.4, -0.2) is 20.0 Å². The monoisotopic (exact) mass is 391 g/mol. The zero-order valence-electron chi connectivity index (χ0n) is 12.0. The van der Waals surface area contributed by atoms with E-state index in [0.29, 0.717) is 5.92 Å². The number of nitrogens with one attached hydrogen (secondary N) is 1. The van der Waals surface area contributed by atoms with Crippen LogP contribution in [-0.2, 0) is 16.7 Å². The average Bonchev–Trinajstić information content (AvgIpc) is 3.22. The van der Waals surface area contributed by atoms with Gasteiger partial charge >= 0.3 is 15.6 Å². The molecule has 1 aromatic rings. The van der Waals surface area contributed by atoms with Crippen molar-refractivity contribution in [2.45, 2.75) is 37.9 Å². The van der Waals surface area contributed by atoms with Crippen LogP contribution in [0.25, 0.3) is 0 Å². The zero-order valence-corrected chi connectivity index (χ0v) is 14.3. The summed E-state index contributed by atoms with van der Waals surface area (Å²) in [6.45, 7) is 2.03. The van der Waals surface area contributed by atoms with Gasteiger partial charge in [-0.2, -0.15) is 21.6 Å². The molecule has 1 aliphatic carbocycles. The first-order valence-electron chi connectivity index (χ1n) is 6.73. The van der Waals surface area contributed by atoms with Gasteiger partial charge in [0.2, 0.25) is 0 Å². The topological polar surface area (TPSA) is 55.4 Å². The third kappa shape index (κ3) is 4.65. The van der Waals surface area contributed by atoms with Crippen LogP contribution in [0.4, 0.5) is 13.2 Å². The van der Waals surface area contributed by atoms with E-state index in [0.717, 1.165) is 18.9 Å². The van der Waals surface area contributed by atoms with Crippen molar-refractivity contribution in [2.75, 3.05) is 0 Å². The highest BCUT2D eigenvalue weighted by atomic mass is 35.5. The Morgan fingerprint density at radius 2 is 1.96 bits per heavy atom. The van der Waals surface area contributed by atoms with Gasteiger partial charge in [0.1, 0.15) is 0 Å². The predicted octanol–water partition coefficient (Wildman–Crippen LogP) is 4.11. The Kier molecular flexibility index (Phi) is 5.40. The second kappa shape index (κ2) is 6.66. The third-order valence-electron chi connectivity index (χ3n) is 3.51. The first kappa shape index (κ1) is 18.6. The molecule has 1 atom stereocenters. The quantitative estimate of drug-likeness (QED) is 0.585. The summed E-state index contributed by atoms with van der Waals surface area (Å²) in [4.78, 5) is 0. The zero-order chi connectivity index (χ0) is 17.4. The van der Waals surface area contributed by atoms with Crippen molar-refractivity contribution >= 4 is 33.3 Å². The molecule has 1 saturated carbocycles. The van der Waals surface area contributed by atoms with Crippen LogP contribution < -0.4 is 9.50 Å². The minimum Gasteiger partial charge on any atom is -0.374 e. The molecule has 1 N–H and O–H groups in total. The summed E-state index contributed by atoms with van der Waals surface area (Å²) < 4.78 is 64.1. The fraction of sp³-hybridized carbons (Fsp3) is 0.538. The number of halogens is 5. The summed E-state index contributed by atoms with van der Waals surface area (Å²) in [7, 11) is -5.81. The summed E-state index contributed by atoms with van der Waals surface area (Å²) in [6, 6.07) is 2.58. The Balaban J connectivity index is 2.26. The van der Waals surface area contributed by atoms with E-state index in [4.69, 9.17) is 23.2 Å². The van der Waals surface area contributed by atoms with E-state index in [2.05, 4.69) is 9.50 Å². The van der Waals surface area contributed by atoms with Crippen LogP contribution in [0.2, 0.25) is 10.0 Å². The van der Waals surface area contributed by atoms with Gasteiger partial charge < -0.3 is 9.50 Å². The maximum absolute atomic E-state index is 12.5. The lowest BCUT2D eigenvalue weighted by Crippen LogP contribution is -2.30. The molecule has 4 nitrogen and oxygen atoms in total. The molecular weight excluding hydrogens is 378 g/mol. The fourth-order valence-electron chi connectivity index (χ4n) is 2.03. The average molecular weight is 392 g/mol. The van der Waals surface area contributed by atoms with E-state index in [1.807, 2.05) is 6.92 Å². The van der Waals surface area contributed by atoms with Gasteiger partial charge in [-0.25, -0.2) is 0 Å². The molecule has 23 heavy (non-hydrogen) atoms. The second-order valence-electron chi connectivity index (χ2n) is 5.37. The molecule has 0 saturated heterocycles. The molecule has 0 aliphatic heterocycles. The summed E-state index contributed by atoms with van der Waals surface area (Å²) in [5.74, 6) is -0.0585. The molecule has 10 heteroatoms. The van der Waals surface area contributed by atoms with Crippen LogP contribution in [0.5, 0.6) is 5.75 Å². The normalized spacial score (nSPS) is 17.1. The Morgan fingerprint density at radius 3 is 2.48 bits per heavy atom. The number of alkyl halides is 3. The van der Waals surface area contributed by atoms with Gasteiger partial charge in [0.25, 0.3) is 0 Å². The first-order chi connectivity index (χ1) is 10.5. The van der Waals surface area contributed by atoms with Crippen molar-refractivity contribution in [1.29, 1.82) is 0 Å². The molecule has 130 valence electrons. The van der Waals surface area contributed by atoms with Crippen molar-refractivity contribution in [3.63, 3.8) is 0 Å². The van der Waals surface area contributed by atoms with Crippen LogP contribution >= 0.6 is 23.2 Å². The third-order valence-corrected chi connectivity index (χ3v) is 4.96. The lowest BCUT2D eigenvalue weighted by Gasteiger charge is -2.17. The first-order valence-corrected chi connectivity index (χ1v) is 8.89. The Hall–Kier alpha value is -0.700. The maximum atomic E-state index is 12.5.